The number of hydrogen-bond acceptors (Lipinski definition) is 3. The molecule has 1 aromatic carbocycles. The molecule has 0 aromatic heterocycles. The molecule has 0 unspecified atom stereocenters. The zero-order chi connectivity index (χ0) is 12.9. The third-order valence-corrected chi connectivity index (χ3v) is 1.84. The number of halogens is 3. The molecule has 0 aliphatic carbocycles. The molecular weight excluding hydrogens is 235 g/mol. The molecule has 3 nitrogen and oxygen atoms in total. The summed E-state index contributed by atoms with van der Waals surface area (Å²) in [7, 11) is 0. The van der Waals surface area contributed by atoms with Gasteiger partial charge in [-0.25, -0.2) is 0 Å². The van der Waals surface area contributed by atoms with Crippen LogP contribution in [0, 0.1) is 11.3 Å². The first-order valence-electron chi connectivity index (χ1n) is 4.84. The largest absolute Gasteiger partial charge is 0.573 e. The summed E-state index contributed by atoms with van der Waals surface area (Å²) in [6.07, 6.45) is -4.66. The molecule has 6 heteroatoms. The summed E-state index contributed by atoms with van der Waals surface area (Å²) in [5.41, 5.74) is 0.531. The molecule has 0 fully saturated rings. The highest BCUT2D eigenvalue weighted by atomic mass is 19.4. The maximum absolute atomic E-state index is 12.0. The molecule has 0 N–H and O–H groups in total. The van der Waals surface area contributed by atoms with Gasteiger partial charge in [-0.2, -0.15) is 5.26 Å². The van der Waals surface area contributed by atoms with Crippen LogP contribution in [-0.2, 0) is 6.42 Å². The smallest absolute Gasteiger partial charge is 0.493 e. The second-order valence-electron chi connectivity index (χ2n) is 3.09. The van der Waals surface area contributed by atoms with Crippen LogP contribution < -0.4 is 9.47 Å². The maximum atomic E-state index is 12.0. The first-order chi connectivity index (χ1) is 7.96. The third-order valence-electron chi connectivity index (χ3n) is 1.84. The summed E-state index contributed by atoms with van der Waals surface area (Å²) < 4.78 is 44.9. The van der Waals surface area contributed by atoms with Crippen LogP contribution in [0.2, 0.25) is 0 Å². The monoisotopic (exact) mass is 245 g/mol. The van der Waals surface area contributed by atoms with E-state index in [4.69, 9.17) is 10.00 Å². The van der Waals surface area contributed by atoms with Crippen LogP contribution in [0.5, 0.6) is 11.5 Å². The first kappa shape index (κ1) is 13.2. The number of nitriles is 1. The lowest BCUT2D eigenvalue weighted by Gasteiger charge is -2.12. The number of alkyl halides is 3. The van der Waals surface area contributed by atoms with Gasteiger partial charge in [-0.1, -0.05) is 6.07 Å². The standard InChI is InChI=1S/C11H10F3NO2/c1-2-16-10-7-9(17-11(12,13)14)4-3-8(10)5-6-15/h3-4,7H,2,5H2,1H3. The minimum atomic E-state index is -4.74. The number of rotatable bonds is 4. The topological polar surface area (TPSA) is 42.2 Å². The predicted molar refractivity (Wildman–Crippen MR) is 53.6 cm³/mol. The van der Waals surface area contributed by atoms with Gasteiger partial charge in [-0.15, -0.1) is 13.2 Å². The summed E-state index contributed by atoms with van der Waals surface area (Å²) in [4.78, 5) is 0. The quantitative estimate of drug-likeness (QED) is 0.818. The summed E-state index contributed by atoms with van der Waals surface area (Å²) in [5, 5.41) is 8.55. The Hall–Kier alpha value is -1.90. The van der Waals surface area contributed by atoms with Crippen LogP contribution in [-0.4, -0.2) is 13.0 Å². The van der Waals surface area contributed by atoms with Crippen LogP contribution in [0.15, 0.2) is 18.2 Å². The van der Waals surface area contributed by atoms with Crippen molar-refractivity contribution in [3.05, 3.63) is 23.8 Å². The molecule has 1 aromatic rings. The van der Waals surface area contributed by atoms with E-state index in [0.717, 1.165) is 12.1 Å². The van der Waals surface area contributed by atoms with Gasteiger partial charge >= 0.3 is 6.36 Å². The van der Waals surface area contributed by atoms with E-state index in [0.29, 0.717) is 12.2 Å². The minimum Gasteiger partial charge on any atom is -0.493 e. The fourth-order valence-electron chi connectivity index (χ4n) is 1.25. The summed E-state index contributed by atoms with van der Waals surface area (Å²) in [6, 6.07) is 5.58. The van der Waals surface area contributed by atoms with Crippen molar-refractivity contribution < 1.29 is 22.6 Å². The fraction of sp³-hybridized carbons (Fsp3) is 0.364. The Balaban J connectivity index is 2.97. The average Bonchev–Trinajstić information content (AvgIpc) is 2.20. The van der Waals surface area contributed by atoms with Crippen LogP contribution in [0.1, 0.15) is 12.5 Å². The van der Waals surface area contributed by atoms with Crippen LogP contribution in [0.4, 0.5) is 13.2 Å². The Bertz CT molecular complexity index is 424. The molecule has 0 saturated heterocycles. The zero-order valence-corrected chi connectivity index (χ0v) is 9.04. The Morgan fingerprint density at radius 1 is 1.35 bits per heavy atom. The van der Waals surface area contributed by atoms with E-state index in [-0.39, 0.29) is 17.9 Å². The summed E-state index contributed by atoms with van der Waals surface area (Å²) in [6.45, 7) is 2.00. The molecule has 17 heavy (non-hydrogen) atoms. The van der Waals surface area contributed by atoms with E-state index in [2.05, 4.69) is 4.74 Å². The fourth-order valence-corrected chi connectivity index (χ4v) is 1.25. The lowest BCUT2D eigenvalue weighted by atomic mass is 10.1. The lowest BCUT2D eigenvalue weighted by Crippen LogP contribution is -2.17. The van der Waals surface area contributed by atoms with Crippen molar-refractivity contribution >= 4 is 0 Å². The third kappa shape index (κ3) is 4.23. The van der Waals surface area contributed by atoms with Gasteiger partial charge in [0.25, 0.3) is 0 Å². The van der Waals surface area contributed by atoms with E-state index in [1.165, 1.54) is 6.07 Å². The molecule has 0 radical (unpaired) electrons. The van der Waals surface area contributed by atoms with E-state index in [1.54, 1.807) is 6.92 Å². The predicted octanol–water partition coefficient (Wildman–Crippen LogP) is 3.05. The minimum absolute atomic E-state index is 0.0711. The van der Waals surface area contributed by atoms with Crippen molar-refractivity contribution in [2.45, 2.75) is 19.7 Å². The molecule has 0 amide bonds. The SMILES string of the molecule is CCOc1cc(OC(F)(F)F)ccc1CC#N. The van der Waals surface area contributed by atoms with Gasteiger partial charge in [0, 0.05) is 11.6 Å². The van der Waals surface area contributed by atoms with Gasteiger partial charge in [0.05, 0.1) is 19.1 Å². The van der Waals surface area contributed by atoms with Crippen molar-refractivity contribution in [2.75, 3.05) is 6.61 Å². The summed E-state index contributed by atoms with van der Waals surface area (Å²) >= 11 is 0. The normalized spacial score (nSPS) is 10.8. The van der Waals surface area contributed by atoms with Gasteiger partial charge < -0.3 is 9.47 Å². The Morgan fingerprint density at radius 2 is 2.06 bits per heavy atom. The van der Waals surface area contributed by atoms with Crippen molar-refractivity contribution in [3.63, 3.8) is 0 Å². The Kier molecular flexibility index (Phi) is 4.21. The van der Waals surface area contributed by atoms with Crippen molar-refractivity contribution in [1.82, 2.24) is 0 Å². The van der Waals surface area contributed by atoms with Crippen LogP contribution in [0.3, 0.4) is 0 Å². The zero-order valence-electron chi connectivity index (χ0n) is 9.04. The van der Waals surface area contributed by atoms with Gasteiger partial charge in [-0.3, -0.25) is 0 Å². The molecule has 0 aliphatic rings. The summed E-state index contributed by atoms with van der Waals surface area (Å²) in [5.74, 6) is -0.126. The van der Waals surface area contributed by atoms with Gasteiger partial charge in [0.15, 0.2) is 0 Å². The molecule has 0 heterocycles. The number of nitrogens with zero attached hydrogens (tertiary/aromatic N) is 1. The second-order valence-corrected chi connectivity index (χ2v) is 3.09. The molecule has 1 rings (SSSR count). The molecule has 0 atom stereocenters. The Labute approximate surface area is 96.4 Å². The maximum Gasteiger partial charge on any atom is 0.573 e. The van der Waals surface area contributed by atoms with Gasteiger partial charge in [0.1, 0.15) is 11.5 Å². The van der Waals surface area contributed by atoms with E-state index in [1.807, 2.05) is 6.07 Å². The van der Waals surface area contributed by atoms with Crippen molar-refractivity contribution in [2.24, 2.45) is 0 Å². The molecule has 0 spiro atoms. The molecule has 0 aliphatic heterocycles. The number of ether oxygens (including phenoxy) is 2. The van der Waals surface area contributed by atoms with Gasteiger partial charge in [0.2, 0.25) is 0 Å². The van der Waals surface area contributed by atoms with E-state index < -0.39 is 6.36 Å². The van der Waals surface area contributed by atoms with Gasteiger partial charge in [-0.05, 0) is 13.0 Å². The first-order valence-corrected chi connectivity index (χ1v) is 4.84. The number of benzene rings is 1. The molecular formula is C11H10F3NO2. The Morgan fingerprint density at radius 3 is 2.59 bits per heavy atom. The molecule has 0 bridgehead atoms. The van der Waals surface area contributed by atoms with E-state index >= 15 is 0 Å². The highest BCUT2D eigenvalue weighted by Gasteiger charge is 2.31. The second kappa shape index (κ2) is 5.43. The average molecular weight is 245 g/mol. The van der Waals surface area contributed by atoms with E-state index in [9.17, 15) is 13.2 Å². The number of hydrogen-bond donors (Lipinski definition) is 0. The lowest BCUT2D eigenvalue weighted by molar-refractivity contribution is -0.274. The highest BCUT2D eigenvalue weighted by molar-refractivity contribution is 5.42. The van der Waals surface area contributed by atoms with Crippen molar-refractivity contribution in [3.8, 4) is 17.6 Å². The molecule has 0 saturated carbocycles. The molecule has 92 valence electrons. The van der Waals surface area contributed by atoms with Crippen LogP contribution in [0.25, 0.3) is 0 Å². The highest BCUT2D eigenvalue weighted by Crippen LogP contribution is 2.29. The van der Waals surface area contributed by atoms with Crippen LogP contribution >= 0.6 is 0 Å². The van der Waals surface area contributed by atoms with Crippen molar-refractivity contribution in [1.29, 1.82) is 5.26 Å².